The fraction of sp³-hybridized carbons (Fsp3) is 0.391. The Bertz CT molecular complexity index is 965. The molecule has 6 nitrogen and oxygen atoms in total. The average Bonchev–Trinajstić information content (AvgIpc) is 2.76. The van der Waals surface area contributed by atoms with Crippen molar-refractivity contribution < 1.29 is 27.5 Å². The highest BCUT2D eigenvalue weighted by Crippen LogP contribution is 2.34. The van der Waals surface area contributed by atoms with Crippen molar-refractivity contribution in [2.75, 3.05) is 38.7 Å². The molecule has 1 N–H and O–H groups in total. The number of urea groups is 1. The first-order chi connectivity index (χ1) is 15.2. The molecule has 1 unspecified atom stereocenters. The highest BCUT2D eigenvalue weighted by Gasteiger charge is 2.34. The largest absolute Gasteiger partial charge is 0.418 e. The second-order valence-corrected chi connectivity index (χ2v) is 7.60. The molecule has 2 aromatic rings. The van der Waals surface area contributed by atoms with E-state index < -0.39 is 17.8 Å². The molecular weight excluding hydrogens is 423 g/mol. The lowest BCUT2D eigenvalue weighted by atomic mass is 9.93. The molecule has 32 heavy (non-hydrogen) atoms. The summed E-state index contributed by atoms with van der Waals surface area (Å²) in [6, 6.07) is 11.7. The molecule has 0 saturated heterocycles. The van der Waals surface area contributed by atoms with Crippen molar-refractivity contribution in [3.05, 3.63) is 65.2 Å². The van der Waals surface area contributed by atoms with Gasteiger partial charge in [-0.1, -0.05) is 36.4 Å². The number of carbonyl (C=O) groups excluding carboxylic acids is 2. The molecule has 0 radical (unpaired) electrons. The molecule has 3 rings (SSSR count). The number of rotatable bonds is 6. The first kappa shape index (κ1) is 23.6. The average molecular weight is 449 g/mol. The molecule has 1 aliphatic rings. The second-order valence-electron chi connectivity index (χ2n) is 7.60. The van der Waals surface area contributed by atoms with E-state index in [9.17, 15) is 22.8 Å². The summed E-state index contributed by atoms with van der Waals surface area (Å²) in [4.78, 5) is 28.7. The Labute approximate surface area is 184 Å². The topological polar surface area (TPSA) is 61.9 Å². The van der Waals surface area contributed by atoms with Gasteiger partial charge in [-0.15, -0.1) is 0 Å². The Balaban J connectivity index is 1.74. The van der Waals surface area contributed by atoms with Gasteiger partial charge in [-0.2, -0.15) is 13.2 Å². The van der Waals surface area contributed by atoms with Crippen LogP contribution in [0.4, 0.5) is 23.7 Å². The fourth-order valence-electron chi connectivity index (χ4n) is 3.85. The number of halogens is 3. The molecular formula is C23H26F3N3O3. The Morgan fingerprint density at radius 2 is 1.84 bits per heavy atom. The van der Waals surface area contributed by atoms with Crippen molar-refractivity contribution in [2.24, 2.45) is 0 Å². The molecule has 172 valence electrons. The molecule has 0 aliphatic carbocycles. The lowest BCUT2D eigenvalue weighted by molar-refractivity contribution is -0.137. The van der Waals surface area contributed by atoms with Gasteiger partial charge in [0.05, 0.1) is 23.9 Å². The van der Waals surface area contributed by atoms with Gasteiger partial charge in [-0.05, 0) is 36.6 Å². The van der Waals surface area contributed by atoms with Crippen LogP contribution in [-0.2, 0) is 22.1 Å². The van der Waals surface area contributed by atoms with E-state index >= 15 is 0 Å². The number of amides is 3. The van der Waals surface area contributed by atoms with Gasteiger partial charge in [-0.3, -0.25) is 4.79 Å². The van der Waals surface area contributed by atoms with E-state index in [2.05, 4.69) is 5.32 Å². The molecule has 1 heterocycles. The minimum absolute atomic E-state index is 0.0566. The standard InChI is InChI=1S/C23H26F3N3O3/c1-16-18-8-4-3-7-17(18)11-12-29(16)21(30)15-28(13-14-32-2)22(31)27-20-10-6-5-9-19(20)23(24,25)26/h3-10,16H,11-15H2,1-2H3,(H,27,31). The zero-order valence-corrected chi connectivity index (χ0v) is 18.0. The Morgan fingerprint density at radius 1 is 1.16 bits per heavy atom. The number of ether oxygens (including phenoxy) is 1. The van der Waals surface area contributed by atoms with E-state index in [1.165, 1.54) is 35.8 Å². The maximum absolute atomic E-state index is 13.3. The van der Waals surface area contributed by atoms with Crippen LogP contribution in [0.25, 0.3) is 0 Å². The summed E-state index contributed by atoms with van der Waals surface area (Å²) in [5.74, 6) is -0.276. The van der Waals surface area contributed by atoms with Gasteiger partial charge in [0.15, 0.2) is 0 Å². The van der Waals surface area contributed by atoms with Gasteiger partial charge in [0, 0.05) is 20.2 Å². The SMILES string of the molecule is COCCN(CC(=O)N1CCc2ccccc2C1C)C(=O)Nc1ccccc1C(F)(F)F. The van der Waals surface area contributed by atoms with Crippen LogP contribution in [0.3, 0.4) is 0 Å². The normalized spacial score (nSPS) is 15.8. The van der Waals surface area contributed by atoms with Crippen molar-refractivity contribution >= 4 is 17.6 Å². The zero-order chi connectivity index (χ0) is 23.3. The van der Waals surface area contributed by atoms with E-state index in [-0.39, 0.29) is 37.3 Å². The third-order valence-electron chi connectivity index (χ3n) is 5.57. The zero-order valence-electron chi connectivity index (χ0n) is 18.0. The van der Waals surface area contributed by atoms with Gasteiger partial charge in [0.1, 0.15) is 6.54 Å². The van der Waals surface area contributed by atoms with E-state index in [0.29, 0.717) is 13.0 Å². The van der Waals surface area contributed by atoms with Crippen molar-refractivity contribution in [1.29, 1.82) is 0 Å². The number of hydrogen-bond donors (Lipinski definition) is 1. The number of para-hydroxylation sites is 1. The predicted molar refractivity (Wildman–Crippen MR) is 114 cm³/mol. The van der Waals surface area contributed by atoms with Crippen LogP contribution in [0.1, 0.15) is 29.7 Å². The van der Waals surface area contributed by atoms with Gasteiger partial charge < -0.3 is 19.9 Å². The van der Waals surface area contributed by atoms with E-state index in [1.54, 1.807) is 4.90 Å². The highest BCUT2D eigenvalue weighted by molar-refractivity contribution is 5.93. The minimum Gasteiger partial charge on any atom is -0.383 e. The van der Waals surface area contributed by atoms with Crippen LogP contribution in [-0.4, -0.2) is 55.1 Å². The number of anilines is 1. The molecule has 1 aliphatic heterocycles. The van der Waals surface area contributed by atoms with Crippen LogP contribution >= 0.6 is 0 Å². The highest BCUT2D eigenvalue weighted by atomic mass is 19.4. The van der Waals surface area contributed by atoms with Gasteiger partial charge in [0.2, 0.25) is 5.91 Å². The minimum atomic E-state index is -4.62. The lowest BCUT2D eigenvalue weighted by Crippen LogP contribution is -2.48. The van der Waals surface area contributed by atoms with Crippen molar-refractivity contribution in [3.8, 4) is 0 Å². The van der Waals surface area contributed by atoms with E-state index in [0.717, 1.165) is 11.6 Å². The number of hydrogen-bond acceptors (Lipinski definition) is 3. The number of fused-ring (bicyclic) bond motifs is 1. The summed E-state index contributed by atoms with van der Waals surface area (Å²) >= 11 is 0. The first-order valence-corrected chi connectivity index (χ1v) is 10.3. The van der Waals surface area contributed by atoms with Gasteiger partial charge in [0.25, 0.3) is 0 Å². The van der Waals surface area contributed by atoms with Crippen molar-refractivity contribution in [3.63, 3.8) is 0 Å². The van der Waals surface area contributed by atoms with Gasteiger partial charge >= 0.3 is 12.2 Å². The second kappa shape index (κ2) is 10.0. The predicted octanol–water partition coefficient (Wildman–Crippen LogP) is 4.33. The third-order valence-corrected chi connectivity index (χ3v) is 5.57. The monoisotopic (exact) mass is 449 g/mol. The molecule has 0 spiro atoms. The third kappa shape index (κ3) is 5.40. The first-order valence-electron chi connectivity index (χ1n) is 10.3. The Kier molecular flexibility index (Phi) is 7.40. The number of nitrogens with one attached hydrogen (secondary N) is 1. The number of carbonyl (C=O) groups is 2. The Hall–Kier alpha value is -3.07. The fourth-order valence-corrected chi connectivity index (χ4v) is 3.85. The van der Waals surface area contributed by atoms with Gasteiger partial charge in [-0.25, -0.2) is 4.79 Å². The summed E-state index contributed by atoms with van der Waals surface area (Å²) in [6.07, 6.45) is -3.91. The molecule has 3 amide bonds. The molecule has 0 aromatic heterocycles. The summed E-state index contributed by atoms with van der Waals surface area (Å²) in [5, 5.41) is 2.30. The molecule has 0 saturated carbocycles. The van der Waals surface area contributed by atoms with Crippen molar-refractivity contribution in [1.82, 2.24) is 9.80 Å². The molecule has 1 atom stereocenters. The summed E-state index contributed by atoms with van der Waals surface area (Å²) < 4.78 is 44.8. The molecule has 9 heteroatoms. The van der Waals surface area contributed by atoms with Crippen LogP contribution in [0.2, 0.25) is 0 Å². The maximum atomic E-state index is 13.3. The van der Waals surface area contributed by atoms with Crippen LogP contribution in [0.5, 0.6) is 0 Å². The Morgan fingerprint density at radius 3 is 2.56 bits per heavy atom. The number of alkyl halides is 3. The maximum Gasteiger partial charge on any atom is 0.418 e. The van der Waals surface area contributed by atoms with E-state index in [4.69, 9.17) is 4.74 Å². The molecule has 0 bridgehead atoms. The van der Waals surface area contributed by atoms with Crippen LogP contribution < -0.4 is 5.32 Å². The molecule has 0 fully saturated rings. The molecule has 2 aromatic carbocycles. The van der Waals surface area contributed by atoms with Crippen molar-refractivity contribution in [2.45, 2.75) is 25.6 Å². The summed E-state index contributed by atoms with van der Waals surface area (Å²) in [6.45, 7) is 2.36. The quantitative estimate of drug-likeness (QED) is 0.714. The number of benzene rings is 2. The smallest absolute Gasteiger partial charge is 0.383 e. The van der Waals surface area contributed by atoms with E-state index in [1.807, 2.05) is 31.2 Å². The van der Waals surface area contributed by atoms with Crippen LogP contribution in [0, 0.1) is 0 Å². The van der Waals surface area contributed by atoms with Crippen LogP contribution in [0.15, 0.2) is 48.5 Å². The number of methoxy groups -OCH3 is 1. The lowest BCUT2D eigenvalue weighted by Gasteiger charge is -2.36. The number of nitrogens with zero attached hydrogens (tertiary/aromatic N) is 2. The summed E-state index contributed by atoms with van der Waals surface area (Å²) in [5.41, 5.74) is 0.925. The summed E-state index contributed by atoms with van der Waals surface area (Å²) in [7, 11) is 1.44.